The number of alkyl halides is 3. The molecule has 0 spiro atoms. The molecule has 0 radical (unpaired) electrons. The summed E-state index contributed by atoms with van der Waals surface area (Å²) in [6, 6.07) is 6.15. The standard InChI is InChI=1S/C18H17F3N2O3S2/c1-3-27-15-6-11(9-25-10-24-2)8-22-16(15)17-23-13-7-12(28-18(19,20)21)4-5-14(13)26-17/h4-8H,3,9-10H2,1-2H3. The number of nitrogens with zero attached hydrogens (tertiary/aromatic N) is 2. The Labute approximate surface area is 168 Å². The Morgan fingerprint density at radius 3 is 2.75 bits per heavy atom. The van der Waals surface area contributed by atoms with Crippen molar-refractivity contribution < 1.29 is 27.1 Å². The predicted octanol–water partition coefficient (Wildman–Crippen LogP) is 5.73. The molecule has 0 atom stereocenters. The fraction of sp³-hybridized carbons (Fsp3) is 0.333. The maximum Gasteiger partial charge on any atom is 0.446 e. The van der Waals surface area contributed by atoms with Crippen LogP contribution in [0.15, 0.2) is 44.7 Å². The van der Waals surface area contributed by atoms with Gasteiger partial charge in [0, 0.05) is 23.1 Å². The summed E-state index contributed by atoms with van der Waals surface area (Å²) in [5.41, 5.74) is -2.18. The first kappa shape index (κ1) is 21.0. The molecular formula is C18H17F3N2O3S2. The second-order valence-corrected chi connectivity index (χ2v) is 8.02. The Balaban J connectivity index is 1.91. The Kier molecular flexibility index (Phi) is 6.86. The zero-order valence-corrected chi connectivity index (χ0v) is 16.7. The number of hydrogen-bond donors (Lipinski definition) is 0. The van der Waals surface area contributed by atoms with Gasteiger partial charge in [0.2, 0.25) is 5.89 Å². The Hall–Kier alpha value is -1.75. The number of aromatic nitrogens is 2. The van der Waals surface area contributed by atoms with Crippen molar-refractivity contribution in [2.45, 2.75) is 28.8 Å². The van der Waals surface area contributed by atoms with Crippen LogP contribution >= 0.6 is 23.5 Å². The number of hydrogen-bond acceptors (Lipinski definition) is 7. The summed E-state index contributed by atoms with van der Waals surface area (Å²) in [4.78, 5) is 9.70. The van der Waals surface area contributed by atoms with Crippen molar-refractivity contribution in [3.05, 3.63) is 36.0 Å². The van der Waals surface area contributed by atoms with E-state index >= 15 is 0 Å². The van der Waals surface area contributed by atoms with Gasteiger partial charge >= 0.3 is 5.51 Å². The molecule has 5 nitrogen and oxygen atoms in total. The van der Waals surface area contributed by atoms with E-state index in [1.807, 2.05) is 13.0 Å². The van der Waals surface area contributed by atoms with Crippen LogP contribution in [0.1, 0.15) is 12.5 Å². The third kappa shape index (κ3) is 5.40. The molecule has 2 aromatic heterocycles. The van der Waals surface area contributed by atoms with Gasteiger partial charge in [0.05, 0.1) is 6.61 Å². The first-order valence-electron chi connectivity index (χ1n) is 8.24. The molecule has 28 heavy (non-hydrogen) atoms. The highest BCUT2D eigenvalue weighted by Crippen LogP contribution is 2.38. The molecule has 0 aliphatic carbocycles. The summed E-state index contributed by atoms with van der Waals surface area (Å²) in [7, 11) is 1.55. The average molecular weight is 430 g/mol. The predicted molar refractivity (Wildman–Crippen MR) is 102 cm³/mol. The van der Waals surface area contributed by atoms with Gasteiger partial charge in [-0.05, 0) is 47.3 Å². The summed E-state index contributed by atoms with van der Waals surface area (Å²) >= 11 is 1.39. The smallest absolute Gasteiger partial charge is 0.435 e. The molecular weight excluding hydrogens is 413 g/mol. The van der Waals surface area contributed by atoms with Crippen molar-refractivity contribution in [1.29, 1.82) is 0 Å². The maximum absolute atomic E-state index is 12.6. The van der Waals surface area contributed by atoms with Crippen LogP contribution in [-0.2, 0) is 16.1 Å². The zero-order chi connectivity index (χ0) is 20.1. The average Bonchev–Trinajstić information content (AvgIpc) is 3.04. The monoisotopic (exact) mass is 430 g/mol. The molecule has 3 rings (SSSR count). The summed E-state index contributed by atoms with van der Waals surface area (Å²) in [5.74, 6) is 1.08. The van der Waals surface area contributed by atoms with Crippen LogP contribution in [0.3, 0.4) is 0 Å². The fourth-order valence-electron chi connectivity index (χ4n) is 2.44. The molecule has 0 bridgehead atoms. The van der Waals surface area contributed by atoms with Crippen LogP contribution in [0.2, 0.25) is 0 Å². The lowest BCUT2D eigenvalue weighted by Crippen LogP contribution is -1.99. The third-order valence-corrected chi connectivity index (χ3v) is 5.11. The van der Waals surface area contributed by atoms with Gasteiger partial charge < -0.3 is 13.9 Å². The zero-order valence-electron chi connectivity index (χ0n) is 15.1. The quantitative estimate of drug-likeness (QED) is 0.257. The molecule has 3 aromatic rings. The fourth-order valence-corrected chi connectivity index (χ4v) is 3.84. The lowest BCUT2D eigenvalue weighted by molar-refractivity contribution is -0.0392. The van der Waals surface area contributed by atoms with E-state index in [1.165, 1.54) is 18.2 Å². The number of ether oxygens (including phenoxy) is 2. The van der Waals surface area contributed by atoms with Gasteiger partial charge in [0.1, 0.15) is 18.0 Å². The lowest BCUT2D eigenvalue weighted by atomic mass is 10.2. The van der Waals surface area contributed by atoms with E-state index in [0.717, 1.165) is 16.2 Å². The third-order valence-electron chi connectivity index (χ3n) is 3.47. The molecule has 2 heterocycles. The molecule has 0 amide bonds. The van der Waals surface area contributed by atoms with Gasteiger partial charge in [-0.25, -0.2) is 9.97 Å². The second-order valence-electron chi connectivity index (χ2n) is 5.57. The number of thioether (sulfide) groups is 2. The first-order valence-corrected chi connectivity index (χ1v) is 10.0. The first-order chi connectivity index (χ1) is 13.4. The number of fused-ring (bicyclic) bond motifs is 1. The lowest BCUT2D eigenvalue weighted by Gasteiger charge is -2.08. The molecule has 0 aliphatic rings. The number of oxazole rings is 1. The van der Waals surface area contributed by atoms with E-state index in [4.69, 9.17) is 13.9 Å². The summed E-state index contributed by atoms with van der Waals surface area (Å²) in [6.45, 7) is 2.54. The molecule has 0 unspecified atom stereocenters. The summed E-state index contributed by atoms with van der Waals surface area (Å²) in [6.07, 6.45) is 1.66. The number of pyridine rings is 1. The number of halogens is 3. The van der Waals surface area contributed by atoms with Crippen molar-refractivity contribution in [1.82, 2.24) is 9.97 Å². The molecule has 10 heteroatoms. The van der Waals surface area contributed by atoms with Crippen molar-refractivity contribution in [3.63, 3.8) is 0 Å². The highest BCUT2D eigenvalue weighted by Gasteiger charge is 2.29. The van der Waals surface area contributed by atoms with Crippen molar-refractivity contribution in [2.24, 2.45) is 0 Å². The van der Waals surface area contributed by atoms with Crippen LogP contribution in [-0.4, -0.2) is 35.1 Å². The number of benzene rings is 1. The molecule has 0 fully saturated rings. The van der Waals surface area contributed by atoms with Crippen molar-refractivity contribution >= 4 is 34.6 Å². The molecule has 0 saturated heterocycles. The minimum Gasteiger partial charge on any atom is -0.435 e. The van der Waals surface area contributed by atoms with E-state index in [9.17, 15) is 13.2 Å². The summed E-state index contributed by atoms with van der Waals surface area (Å²) in [5, 5.41) is 0. The van der Waals surface area contributed by atoms with Gasteiger partial charge in [-0.3, -0.25) is 0 Å². The highest BCUT2D eigenvalue weighted by atomic mass is 32.2. The summed E-state index contributed by atoms with van der Waals surface area (Å²) < 4.78 is 53.7. The van der Waals surface area contributed by atoms with E-state index < -0.39 is 5.51 Å². The SMILES string of the molecule is CCSc1cc(COCOC)cnc1-c1nc2cc(SC(F)(F)F)ccc2o1. The Morgan fingerprint density at radius 1 is 1.21 bits per heavy atom. The highest BCUT2D eigenvalue weighted by molar-refractivity contribution is 8.00. The van der Waals surface area contributed by atoms with E-state index in [-0.39, 0.29) is 29.3 Å². The van der Waals surface area contributed by atoms with E-state index in [0.29, 0.717) is 23.4 Å². The van der Waals surface area contributed by atoms with E-state index in [1.54, 1.807) is 25.1 Å². The number of methoxy groups -OCH3 is 1. The molecule has 1 aromatic carbocycles. The Bertz CT molecular complexity index is 947. The van der Waals surface area contributed by atoms with Crippen LogP contribution < -0.4 is 0 Å². The van der Waals surface area contributed by atoms with Gasteiger partial charge in [0.25, 0.3) is 0 Å². The van der Waals surface area contributed by atoms with E-state index in [2.05, 4.69) is 9.97 Å². The van der Waals surface area contributed by atoms with Gasteiger partial charge in [-0.2, -0.15) is 13.2 Å². The van der Waals surface area contributed by atoms with Crippen LogP contribution in [0.5, 0.6) is 0 Å². The van der Waals surface area contributed by atoms with Gasteiger partial charge in [-0.15, -0.1) is 11.8 Å². The molecule has 0 N–H and O–H groups in total. The van der Waals surface area contributed by atoms with Crippen LogP contribution in [0.4, 0.5) is 13.2 Å². The minimum atomic E-state index is -4.35. The maximum atomic E-state index is 12.6. The normalized spacial score (nSPS) is 12.0. The molecule has 0 saturated carbocycles. The second kappa shape index (κ2) is 9.17. The van der Waals surface area contributed by atoms with Crippen molar-refractivity contribution in [3.8, 4) is 11.6 Å². The topological polar surface area (TPSA) is 57.4 Å². The van der Waals surface area contributed by atoms with Crippen LogP contribution in [0.25, 0.3) is 22.7 Å². The molecule has 0 aliphatic heterocycles. The molecule has 150 valence electrons. The number of rotatable bonds is 8. The largest absolute Gasteiger partial charge is 0.446 e. The van der Waals surface area contributed by atoms with Gasteiger partial charge in [0.15, 0.2) is 5.58 Å². The Morgan fingerprint density at radius 2 is 2.04 bits per heavy atom. The minimum absolute atomic E-state index is 0.0570. The van der Waals surface area contributed by atoms with Gasteiger partial charge in [-0.1, -0.05) is 6.92 Å². The van der Waals surface area contributed by atoms with Crippen molar-refractivity contribution in [2.75, 3.05) is 19.7 Å². The van der Waals surface area contributed by atoms with Crippen LogP contribution in [0, 0.1) is 0 Å².